The quantitative estimate of drug-likeness (QED) is 0.888. The van der Waals surface area contributed by atoms with Gasteiger partial charge in [-0.1, -0.05) is 0 Å². The molecule has 98 valence electrons. The van der Waals surface area contributed by atoms with Crippen LogP contribution in [-0.4, -0.2) is 29.9 Å². The summed E-state index contributed by atoms with van der Waals surface area (Å²) < 4.78 is 0. The van der Waals surface area contributed by atoms with E-state index in [0.29, 0.717) is 5.92 Å². The van der Waals surface area contributed by atoms with E-state index < -0.39 is 0 Å². The molecule has 3 nitrogen and oxygen atoms in total. The summed E-state index contributed by atoms with van der Waals surface area (Å²) in [4.78, 5) is 16.8. The third-order valence-electron chi connectivity index (χ3n) is 4.21. The highest BCUT2D eigenvalue weighted by molar-refractivity contribution is 7.14. The minimum absolute atomic E-state index is 0.191. The summed E-state index contributed by atoms with van der Waals surface area (Å²) in [6, 6.07) is 2.31. The van der Waals surface area contributed by atoms with Crippen LogP contribution in [0.4, 0.5) is 0 Å². The number of amides is 1. The van der Waals surface area contributed by atoms with Crippen molar-refractivity contribution in [2.75, 3.05) is 13.1 Å². The van der Waals surface area contributed by atoms with Gasteiger partial charge in [-0.3, -0.25) is 4.79 Å². The van der Waals surface area contributed by atoms with Gasteiger partial charge in [0.25, 0.3) is 5.91 Å². The van der Waals surface area contributed by atoms with Gasteiger partial charge in [0.05, 0.1) is 4.88 Å². The van der Waals surface area contributed by atoms with E-state index in [-0.39, 0.29) is 11.9 Å². The van der Waals surface area contributed by atoms with Crippen LogP contribution in [0.5, 0.6) is 0 Å². The molecule has 1 aliphatic heterocycles. The van der Waals surface area contributed by atoms with Gasteiger partial charge >= 0.3 is 0 Å². The lowest BCUT2D eigenvalue weighted by Crippen LogP contribution is -2.32. The van der Waals surface area contributed by atoms with E-state index in [1.807, 2.05) is 11.8 Å². The molecular formula is C14H20N2OS. The number of thiophene rings is 1. The van der Waals surface area contributed by atoms with Crippen molar-refractivity contribution in [1.82, 2.24) is 4.90 Å². The largest absolute Gasteiger partial charge is 0.338 e. The van der Waals surface area contributed by atoms with Gasteiger partial charge in [-0.05, 0) is 50.2 Å². The van der Waals surface area contributed by atoms with E-state index in [0.717, 1.165) is 37.2 Å². The normalized spacial score (nSPS) is 24.3. The summed E-state index contributed by atoms with van der Waals surface area (Å²) >= 11 is 1.70. The SMILES string of the molecule is C[C@H](N)[C@@H]1CCN(C(=O)c2cc3c(s2)CCC3)C1. The maximum atomic E-state index is 12.4. The Bertz CT molecular complexity index is 445. The topological polar surface area (TPSA) is 46.3 Å². The van der Waals surface area contributed by atoms with Crippen molar-refractivity contribution in [3.05, 3.63) is 21.4 Å². The Balaban J connectivity index is 1.71. The molecule has 0 radical (unpaired) electrons. The molecular weight excluding hydrogens is 244 g/mol. The first kappa shape index (κ1) is 12.2. The Morgan fingerprint density at radius 3 is 3.06 bits per heavy atom. The van der Waals surface area contributed by atoms with Crippen LogP contribution < -0.4 is 5.73 Å². The molecule has 0 saturated carbocycles. The van der Waals surface area contributed by atoms with Crippen LogP contribution in [0, 0.1) is 5.92 Å². The highest BCUT2D eigenvalue weighted by atomic mass is 32.1. The van der Waals surface area contributed by atoms with E-state index >= 15 is 0 Å². The Hall–Kier alpha value is -0.870. The predicted octanol–water partition coefficient (Wildman–Crippen LogP) is 2.05. The molecule has 3 rings (SSSR count). The molecule has 2 heterocycles. The number of likely N-dealkylation sites (tertiary alicyclic amines) is 1. The highest BCUT2D eigenvalue weighted by Crippen LogP contribution is 2.32. The standard InChI is InChI=1S/C14H20N2OS/c1-9(15)11-5-6-16(8-11)14(17)13-7-10-3-2-4-12(10)18-13/h7,9,11H,2-6,8,15H2,1H3/t9-,11+/m0/s1. The summed E-state index contributed by atoms with van der Waals surface area (Å²) in [7, 11) is 0. The molecule has 0 unspecified atom stereocenters. The Labute approximate surface area is 112 Å². The van der Waals surface area contributed by atoms with E-state index in [2.05, 4.69) is 6.07 Å². The number of hydrogen-bond donors (Lipinski definition) is 1. The summed E-state index contributed by atoms with van der Waals surface area (Å²) in [5, 5.41) is 0. The van der Waals surface area contributed by atoms with E-state index in [9.17, 15) is 4.79 Å². The van der Waals surface area contributed by atoms with Gasteiger partial charge in [0.15, 0.2) is 0 Å². The number of carbonyl (C=O) groups excluding carboxylic acids is 1. The van der Waals surface area contributed by atoms with E-state index in [4.69, 9.17) is 5.73 Å². The van der Waals surface area contributed by atoms with Crippen LogP contribution in [0.2, 0.25) is 0 Å². The second kappa shape index (κ2) is 4.67. The number of hydrogen-bond acceptors (Lipinski definition) is 3. The molecule has 2 N–H and O–H groups in total. The van der Waals surface area contributed by atoms with Gasteiger partial charge in [-0.2, -0.15) is 0 Å². The zero-order valence-electron chi connectivity index (χ0n) is 10.8. The van der Waals surface area contributed by atoms with Crippen molar-refractivity contribution in [2.45, 2.75) is 38.6 Å². The zero-order valence-corrected chi connectivity index (χ0v) is 11.6. The lowest BCUT2D eigenvalue weighted by Gasteiger charge is -2.17. The van der Waals surface area contributed by atoms with Crippen LogP contribution in [-0.2, 0) is 12.8 Å². The van der Waals surface area contributed by atoms with Gasteiger partial charge in [0.2, 0.25) is 0 Å². The maximum absolute atomic E-state index is 12.4. The van der Waals surface area contributed by atoms with Crippen LogP contribution in [0.15, 0.2) is 6.07 Å². The second-order valence-corrected chi connectivity index (χ2v) is 6.71. The number of rotatable bonds is 2. The molecule has 2 atom stereocenters. The third kappa shape index (κ3) is 2.08. The van der Waals surface area contributed by atoms with Crippen LogP contribution in [0.25, 0.3) is 0 Å². The summed E-state index contributed by atoms with van der Waals surface area (Å²) in [5.41, 5.74) is 7.33. The van der Waals surface area contributed by atoms with Crippen molar-refractivity contribution in [3.63, 3.8) is 0 Å². The average Bonchev–Trinajstić information content (AvgIpc) is 3.02. The molecule has 1 fully saturated rings. The molecule has 2 aliphatic rings. The second-order valence-electron chi connectivity index (χ2n) is 5.57. The van der Waals surface area contributed by atoms with Crippen molar-refractivity contribution in [1.29, 1.82) is 0 Å². The molecule has 1 aromatic rings. The predicted molar refractivity (Wildman–Crippen MR) is 74.0 cm³/mol. The molecule has 18 heavy (non-hydrogen) atoms. The van der Waals surface area contributed by atoms with Crippen LogP contribution in [0.1, 0.15) is 39.9 Å². The molecule has 1 saturated heterocycles. The average molecular weight is 264 g/mol. The fraction of sp³-hybridized carbons (Fsp3) is 0.643. The zero-order chi connectivity index (χ0) is 12.7. The van der Waals surface area contributed by atoms with E-state index in [1.54, 1.807) is 11.3 Å². The van der Waals surface area contributed by atoms with E-state index in [1.165, 1.54) is 16.9 Å². The number of aryl methyl sites for hydroxylation is 2. The summed E-state index contributed by atoms with van der Waals surface area (Å²) in [6.45, 7) is 3.74. The first-order valence-corrected chi connectivity index (χ1v) is 7.63. The number of carbonyl (C=O) groups is 1. The minimum atomic E-state index is 0.191. The molecule has 0 bridgehead atoms. The summed E-state index contributed by atoms with van der Waals surface area (Å²) in [5.74, 6) is 0.693. The van der Waals surface area contributed by atoms with Gasteiger partial charge in [0.1, 0.15) is 0 Å². The molecule has 1 aromatic heterocycles. The van der Waals surface area contributed by atoms with Crippen molar-refractivity contribution in [3.8, 4) is 0 Å². The van der Waals surface area contributed by atoms with Gasteiger partial charge in [-0.15, -0.1) is 11.3 Å². The number of fused-ring (bicyclic) bond motifs is 1. The highest BCUT2D eigenvalue weighted by Gasteiger charge is 2.30. The smallest absolute Gasteiger partial charge is 0.263 e. The van der Waals surface area contributed by atoms with Gasteiger partial charge < -0.3 is 10.6 Å². The first-order chi connectivity index (χ1) is 8.65. The Kier molecular flexibility index (Phi) is 3.16. The van der Waals surface area contributed by atoms with Crippen molar-refractivity contribution in [2.24, 2.45) is 11.7 Å². The maximum Gasteiger partial charge on any atom is 0.263 e. The first-order valence-electron chi connectivity index (χ1n) is 6.81. The monoisotopic (exact) mass is 264 g/mol. The molecule has 1 aliphatic carbocycles. The van der Waals surface area contributed by atoms with Crippen molar-refractivity contribution >= 4 is 17.2 Å². The lowest BCUT2D eigenvalue weighted by atomic mass is 10.0. The lowest BCUT2D eigenvalue weighted by molar-refractivity contribution is 0.0790. The van der Waals surface area contributed by atoms with Gasteiger partial charge in [0, 0.05) is 24.0 Å². The molecule has 0 spiro atoms. The van der Waals surface area contributed by atoms with Gasteiger partial charge in [-0.25, -0.2) is 0 Å². The molecule has 4 heteroatoms. The van der Waals surface area contributed by atoms with Crippen LogP contribution >= 0.6 is 11.3 Å². The number of nitrogens with two attached hydrogens (primary N) is 1. The fourth-order valence-electron chi connectivity index (χ4n) is 2.99. The van der Waals surface area contributed by atoms with Crippen molar-refractivity contribution < 1.29 is 4.79 Å². The molecule has 1 amide bonds. The minimum Gasteiger partial charge on any atom is -0.338 e. The Morgan fingerprint density at radius 1 is 1.56 bits per heavy atom. The third-order valence-corrected chi connectivity index (χ3v) is 5.44. The summed E-state index contributed by atoms with van der Waals surface area (Å²) in [6.07, 6.45) is 4.62. The Morgan fingerprint density at radius 2 is 2.39 bits per heavy atom. The number of nitrogens with zero attached hydrogens (tertiary/aromatic N) is 1. The molecule has 0 aromatic carbocycles. The fourth-order valence-corrected chi connectivity index (χ4v) is 4.21. The van der Waals surface area contributed by atoms with Crippen LogP contribution in [0.3, 0.4) is 0 Å².